The zero-order valence-electron chi connectivity index (χ0n) is 20.7. The van der Waals surface area contributed by atoms with Crippen LogP contribution in [0.3, 0.4) is 0 Å². The number of carboxylic acid groups (broad SMARTS) is 6. The van der Waals surface area contributed by atoms with E-state index < -0.39 is 35.8 Å². The van der Waals surface area contributed by atoms with Gasteiger partial charge in [0.05, 0.1) is 33.4 Å². The van der Waals surface area contributed by atoms with E-state index in [-0.39, 0.29) is 122 Å². The van der Waals surface area contributed by atoms with Crippen LogP contribution in [0.2, 0.25) is 0 Å². The van der Waals surface area contributed by atoms with Gasteiger partial charge in [0.2, 0.25) is 0 Å². The van der Waals surface area contributed by atoms with Gasteiger partial charge in [-0.2, -0.15) is 0 Å². The third-order valence-electron chi connectivity index (χ3n) is 4.59. The Morgan fingerprint density at radius 2 is 0.585 bits per heavy atom. The van der Waals surface area contributed by atoms with Crippen molar-refractivity contribution < 1.29 is 131 Å². The van der Waals surface area contributed by atoms with Crippen LogP contribution < -0.4 is 17.2 Å². The number of hydrogen-bond acceptors (Lipinski definition) is 9. The van der Waals surface area contributed by atoms with E-state index in [0.29, 0.717) is 0 Å². The Morgan fingerprint density at radius 1 is 0.390 bits per heavy atom. The average molecular weight is 821 g/mol. The molecule has 0 atom stereocenters. The number of anilines is 3. The van der Waals surface area contributed by atoms with Crippen LogP contribution in [0.1, 0.15) is 62.1 Å². The number of carboxylic acids is 6. The molecule has 41 heavy (non-hydrogen) atoms. The van der Waals surface area contributed by atoms with Crippen LogP contribution in [-0.4, -0.2) is 66.5 Å². The van der Waals surface area contributed by atoms with Gasteiger partial charge in [0.15, 0.2) is 0 Å². The van der Waals surface area contributed by atoms with Crippen molar-refractivity contribution >= 4 is 52.9 Å². The van der Waals surface area contributed by atoms with E-state index in [1.165, 1.54) is 36.4 Å². The molecule has 17 heteroatoms. The summed E-state index contributed by atoms with van der Waals surface area (Å²) >= 11 is 0. The first-order chi connectivity index (χ1) is 18.1. The zero-order valence-corrected chi connectivity index (χ0v) is 28.0. The van der Waals surface area contributed by atoms with E-state index in [1.54, 1.807) is 0 Å². The Balaban J connectivity index is 0. The number of nitrogen functional groups attached to an aromatic ring is 3. The molecule has 3 aromatic carbocycles. The third-order valence-corrected chi connectivity index (χ3v) is 4.59. The summed E-state index contributed by atoms with van der Waals surface area (Å²) in [5, 5.41) is 51.3. The molecule has 3 aromatic rings. The van der Waals surface area contributed by atoms with Gasteiger partial charge in [-0.15, -0.1) is 0 Å². The Kier molecular flexibility index (Phi) is 17.2. The summed E-state index contributed by atoms with van der Waals surface area (Å²) in [5.74, 6) is -6.92. The SMILES string of the molecule is Nc1cc(C(=O)O)ccc1C(=O)O.Nc1cc(C(=O)O)ccc1C(=O)O.Nc1cc(C(=O)O)ccc1C(=O)O.[La].[La]. The van der Waals surface area contributed by atoms with Gasteiger partial charge in [0, 0.05) is 88.3 Å². The molecule has 0 aliphatic carbocycles. The summed E-state index contributed by atoms with van der Waals surface area (Å²) < 4.78 is 0. The van der Waals surface area contributed by atoms with Crippen LogP contribution in [0.15, 0.2) is 54.6 Å². The number of aromatic carboxylic acids is 6. The predicted molar refractivity (Wildman–Crippen MR) is 134 cm³/mol. The van der Waals surface area contributed by atoms with E-state index in [0.717, 1.165) is 18.2 Å². The second kappa shape index (κ2) is 17.9. The molecule has 12 N–H and O–H groups in total. The van der Waals surface area contributed by atoms with Crippen LogP contribution in [0, 0.1) is 71.2 Å². The molecule has 15 nitrogen and oxygen atoms in total. The van der Waals surface area contributed by atoms with Crippen LogP contribution in [0.4, 0.5) is 17.1 Å². The van der Waals surface area contributed by atoms with Crippen molar-refractivity contribution in [1.82, 2.24) is 0 Å². The quantitative estimate of drug-likeness (QED) is 0.161. The molecule has 0 unspecified atom stereocenters. The van der Waals surface area contributed by atoms with Gasteiger partial charge >= 0.3 is 35.8 Å². The van der Waals surface area contributed by atoms with Gasteiger partial charge in [-0.1, -0.05) is 0 Å². The largest absolute Gasteiger partial charge is 0.478 e. The molecule has 0 aliphatic heterocycles. The topological polar surface area (TPSA) is 302 Å². The molecule has 0 bridgehead atoms. The monoisotopic (exact) mass is 821 g/mol. The molecular formula is C24H21La2N3O12. The maximum Gasteiger partial charge on any atom is 0.337 e. The first-order valence-electron chi connectivity index (χ1n) is 10.1. The van der Waals surface area contributed by atoms with Gasteiger partial charge in [-0.3, -0.25) is 0 Å². The second-order valence-electron chi connectivity index (χ2n) is 7.24. The molecule has 0 heterocycles. The summed E-state index contributed by atoms with van der Waals surface area (Å²) in [6.07, 6.45) is 0. The van der Waals surface area contributed by atoms with E-state index in [2.05, 4.69) is 0 Å². The normalized spacial score (nSPS) is 9.07. The van der Waals surface area contributed by atoms with Crippen molar-refractivity contribution in [3.8, 4) is 0 Å². The average Bonchev–Trinajstić information content (AvgIpc) is 2.83. The fraction of sp³-hybridized carbons (Fsp3) is 0. The second-order valence-corrected chi connectivity index (χ2v) is 7.24. The summed E-state index contributed by atoms with van der Waals surface area (Å²) in [5.41, 5.74) is 15.4. The van der Waals surface area contributed by atoms with Crippen molar-refractivity contribution in [1.29, 1.82) is 0 Å². The Hall–Kier alpha value is -3.73. The van der Waals surface area contributed by atoms with Gasteiger partial charge in [0.25, 0.3) is 0 Å². The summed E-state index contributed by atoms with van der Waals surface area (Å²) in [6, 6.07) is 10.4. The molecule has 0 saturated heterocycles. The standard InChI is InChI=1S/3C8H7NO4.2La/c3*9-6-3-4(7(10)11)1-2-5(6)8(12)13;;/h3*1-3H,9H2,(H,10,11)(H,12,13);;. The molecule has 0 aromatic heterocycles. The Bertz CT molecular complexity index is 1300. The molecule has 0 amide bonds. The number of nitrogens with two attached hydrogens (primary N) is 3. The fourth-order valence-corrected chi connectivity index (χ4v) is 2.67. The number of rotatable bonds is 6. The van der Waals surface area contributed by atoms with Crippen LogP contribution in [-0.2, 0) is 0 Å². The summed E-state index contributed by atoms with van der Waals surface area (Å²) in [7, 11) is 0. The number of benzene rings is 3. The van der Waals surface area contributed by atoms with Crippen molar-refractivity contribution in [3.63, 3.8) is 0 Å². The molecule has 0 spiro atoms. The van der Waals surface area contributed by atoms with Gasteiger partial charge in [-0.05, 0) is 54.6 Å². The summed E-state index contributed by atoms with van der Waals surface area (Å²) in [4.78, 5) is 62.7. The minimum Gasteiger partial charge on any atom is -0.478 e. The minimum absolute atomic E-state index is 0. The van der Waals surface area contributed by atoms with Crippen LogP contribution in [0.5, 0.6) is 0 Å². The first kappa shape index (κ1) is 39.4. The van der Waals surface area contributed by atoms with E-state index in [4.69, 9.17) is 47.8 Å². The Morgan fingerprint density at radius 3 is 0.707 bits per heavy atom. The van der Waals surface area contributed by atoms with Crippen molar-refractivity contribution in [3.05, 3.63) is 88.0 Å². The maximum absolute atomic E-state index is 10.5. The Labute approximate surface area is 286 Å². The smallest absolute Gasteiger partial charge is 0.337 e. The molecule has 0 fully saturated rings. The van der Waals surface area contributed by atoms with Gasteiger partial charge in [0.1, 0.15) is 0 Å². The van der Waals surface area contributed by atoms with Crippen LogP contribution >= 0.6 is 0 Å². The number of carbonyl (C=O) groups is 6. The molecule has 2 radical (unpaired) electrons. The van der Waals surface area contributed by atoms with E-state index in [1.807, 2.05) is 0 Å². The fourth-order valence-electron chi connectivity index (χ4n) is 2.67. The minimum atomic E-state index is -1.17. The number of hydrogen-bond donors (Lipinski definition) is 9. The maximum atomic E-state index is 10.5. The van der Waals surface area contributed by atoms with Crippen molar-refractivity contribution in [2.75, 3.05) is 17.2 Å². The van der Waals surface area contributed by atoms with Crippen LogP contribution in [0.25, 0.3) is 0 Å². The van der Waals surface area contributed by atoms with Crippen molar-refractivity contribution in [2.24, 2.45) is 0 Å². The first-order valence-corrected chi connectivity index (χ1v) is 10.1. The molecule has 0 aliphatic rings. The van der Waals surface area contributed by atoms with Crippen molar-refractivity contribution in [2.45, 2.75) is 0 Å². The predicted octanol–water partition coefficient (Wildman–Crippen LogP) is 2.00. The molecule has 0 saturated carbocycles. The van der Waals surface area contributed by atoms with Gasteiger partial charge < -0.3 is 47.8 Å². The molecule has 210 valence electrons. The van der Waals surface area contributed by atoms with E-state index in [9.17, 15) is 28.8 Å². The molecular weight excluding hydrogens is 800 g/mol. The third kappa shape index (κ3) is 12.1. The van der Waals surface area contributed by atoms with E-state index >= 15 is 0 Å². The van der Waals surface area contributed by atoms with Gasteiger partial charge in [-0.25, -0.2) is 28.8 Å². The molecule has 3 rings (SSSR count). The summed E-state index contributed by atoms with van der Waals surface area (Å²) in [6.45, 7) is 0. The zero-order chi connectivity index (χ0) is 30.0.